The predicted octanol–water partition coefficient (Wildman–Crippen LogP) is 4.84. The molecule has 1 aromatic carbocycles. The van der Waals surface area contributed by atoms with Gasteiger partial charge in [0.2, 0.25) is 0 Å². The summed E-state index contributed by atoms with van der Waals surface area (Å²) in [7, 11) is 0. The van der Waals surface area contributed by atoms with Gasteiger partial charge in [-0.05, 0) is 29.6 Å². The van der Waals surface area contributed by atoms with Crippen LogP contribution in [0.5, 0.6) is 0 Å². The number of halogens is 6. The Labute approximate surface area is 153 Å². The van der Waals surface area contributed by atoms with Gasteiger partial charge in [0.15, 0.2) is 4.99 Å². The molecule has 1 amide bonds. The minimum absolute atomic E-state index is 0.0248. The van der Waals surface area contributed by atoms with Crippen molar-refractivity contribution in [3.63, 3.8) is 0 Å². The molecule has 0 saturated carbocycles. The molecule has 3 nitrogen and oxygen atoms in total. The Bertz CT molecular complexity index is 767. The van der Waals surface area contributed by atoms with Gasteiger partial charge in [-0.2, -0.15) is 26.3 Å². The standard InChI is InChI=1S/C15H10F6N2OS2/c16-14(17,18)8-4-9(15(19,20)21)6-10(5-8)23-12(24)13(25)22-7-11-2-1-3-26-11/h1-6H,7H2,(H,22,25)(H,23,24). The van der Waals surface area contributed by atoms with E-state index >= 15 is 0 Å². The molecular formula is C15H10F6N2OS2. The van der Waals surface area contributed by atoms with E-state index in [9.17, 15) is 31.1 Å². The number of carbonyl (C=O) groups excluding carboxylic acids is 1. The molecule has 0 unspecified atom stereocenters. The van der Waals surface area contributed by atoms with Crippen molar-refractivity contribution in [2.24, 2.45) is 0 Å². The maximum atomic E-state index is 12.8. The van der Waals surface area contributed by atoms with Crippen molar-refractivity contribution in [3.05, 3.63) is 51.7 Å². The molecule has 11 heteroatoms. The normalized spacial score (nSPS) is 11.9. The van der Waals surface area contributed by atoms with Gasteiger partial charge in [-0.1, -0.05) is 18.3 Å². The number of carbonyl (C=O) groups is 1. The lowest BCUT2D eigenvalue weighted by Gasteiger charge is -2.15. The SMILES string of the molecule is O=C(Nc1cc(C(F)(F)F)cc(C(F)(F)F)c1)C(=S)NCc1cccs1. The van der Waals surface area contributed by atoms with Crippen LogP contribution in [-0.2, 0) is 23.7 Å². The summed E-state index contributed by atoms with van der Waals surface area (Å²) in [6.45, 7) is 0.209. The zero-order chi connectivity index (χ0) is 19.5. The molecule has 1 heterocycles. The van der Waals surface area contributed by atoms with Crippen LogP contribution in [0.2, 0.25) is 0 Å². The second-order valence-electron chi connectivity index (χ2n) is 5.01. The number of hydrogen-bond acceptors (Lipinski definition) is 3. The summed E-state index contributed by atoms with van der Waals surface area (Å²) in [4.78, 5) is 12.4. The Balaban J connectivity index is 2.16. The van der Waals surface area contributed by atoms with E-state index in [4.69, 9.17) is 12.2 Å². The Hall–Kier alpha value is -2.14. The molecule has 0 spiro atoms. The van der Waals surface area contributed by atoms with E-state index < -0.39 is 35.1 Å². The molecule has 26 heavy (non-hydrogen) atoms. The van der Waals surface area contributed by atoms with Gasteiger partial charge >= 0.3 is 12.4 Å². The zero-order valence-corrected chi connectivity index (χ0v) is 14.3. The molecule has 140 valence electrons. The Kier molecular flexibility index (Phi) is 5.91. The minimum Gasteiger partial charge on any atom is -0.367 e. The highest BCUT2D eigenvalue weighted by Gasteiger charge is 2.37. The first kappa shape index (κ1) is 20.2. The summed E-state index contributed by atoms with van der Waals surface area (Å²) < 4.78 is 76.8. The molecule has 2 N–H and O–H groups in total. The van der Waals surface area contributed by atoms with E-state index in [1.54, 1.807) is 17.5 Å². The molecule has 0 aliphatic carbocycles. The third-order valence-electron chi connectivity index (χ3n) is 3.06. The summed E-state index contributed by atoms with van der Waals surface area (Å²) in [6, 6.07) is 4.33. The van der Waals surface area contributed by atoms with Crippen LogP contribution in [0.15, 0.2) is 35.7 Å². The molecule has 2 aromatic rings. The van der Waals surface area contributed by atoms with Crippen LogP contribution in [0.1, 0.15) is 16.0 Å². The fourth-order valence-corrected chi connectivity index (χ4v) is 2.64. The second kappa shape index (κ2) is 7.62. The number of hydrogen-bond donors (Lipinski definition) is 2. The van der Waals surface area contributed by atoms with E-state index in [1.165, 1.54) is 11.3 Å². The van der Waals surface area contributed by atoms with Crippen LogP contribution >= 0.6 is 23.6 Å². The number of anilines is 1. The van der Waals surface area contributed by atoms with Crippen LogP contribution in [0.25, 0.3) is 0 Å². The lowest BCUT2D eigenvalue weighted by Crippen LogP contribution is -2.33. The number of rotatable bonds is 3. The fraction of sp³-hybridized carbons (Fsp3) is 0.200. The minimum atomic E-state index is -5.00. The average molecular weight is 412 g/mol. The van der Waals surface area contributed by atoms with Crippen molar-refractivity contribution in [2.45, 2.75) is 18.9 Å². The van der Waals surface area contributed by atoms with Crippen LogP contribution < -0.4 is 10.6 Å². The van der Waals surface area contributed by atoms with Gasteiger partial charge in [-0.15, -0.1) is 11.3 Å². The first-order valence-electron chi connectivity index (χ1n) is 6.88. The Morgan fingerprint density at radius 3 is 2.08 bits per heavy atom. The summed E-state index contributed by atoms with van der Waals surface area (Å²) in [6.07, 6.45) is -10.0. The van der Waals surface area contributed by atoms with Crippen molar-refractivity contribution < 1.29 is 31.1 Å². The largest absolute Gasteiger partial charge is 0.416 e. The molecule has 0 radical (unpaired) electrons. The van der Waals surface area contributed by atoms with Gasteiger partial charge in [0.25, 0.3) is 5.91 Å². The summed E-state index contributed by atoms with van der Waals surface area (Å²) in [5.41, 5.74) is -3.71. The summed E-state index contributed by atoms with van der Waals surface area (Å²) in [5, 5.41) is 6.33. The van der Waals surface area contributed by atoms with Gasteiger partial charge in [0, 0.05) is 10.6 Å². The number of nitrogens with one attached hydrogen (secondary N) is 2. The smallest absolute Gasteiger partial charge is 0.367 e. The first-order chi connectivity index (χ1) is 12.0. The number of thiophene rings is 1. The molecule has 0 fully saturated rings. The van der Waals surface area contributed by atoms with E-state index in [-0.39, 0.29) is 17.6 Å². The van der Waals surface area contributed by atoms with E-state index in [1.807, 2.05) is 5.32 Å². The molecule has 2 rings (SSSR count). The molecule has 1 aromatic heterocycles. The van der Waals surface area contributed by atoms with Crippen molar-refractivity contribution >= 4 is 40.1 Å². The van der Waals surface area contributed by atoms with Gasteiger partial charge in [0.1, 0.15) is 0 Å². The second-order valence-corrected chi connectivity index (χ2v) is 6.45. The fourth-order valence-electron chi connectivity index (χ4n) is 1.88. The van der Waals surface area contributed by atoms with Crippen molar-refractivity contribution in [3.8, 4) is 0 Å². The van der Waals surface area contributed by atoms with Crippen molar-refractivity contribution in [1.29, 1.82) is 0 Å². The lowest BCUT2D eigenvalue weighted by atomic mass is 10.1. The van der Waals surface area contributed by atoms with Crippen molar-refractivity contribution in [2.75, 3.05) is 5.32 Å². The van der Waals surface area contributed by atoms with Gasteiger partial charge in [-0.25, -0.2) is 0 Å². The number of thiocarbonyl (C=S) groups is 1. The van der Waals surface area contributed by atoms with E-state index in [2.05, 4.69) is 5.32 Å². The average Bonchev–Trinajstić information content (AvgIpc) is 3.04. The molecule has 0 aliphatic rings. The van der Waals surface area contributed by atoms with E-state index in [0.29, 0.717) is 12.1 Å². The van der Waals surface area contributed by atoms with Crippen LogP contribution in [0.3, 0.4) is 0 Å². The third kappa shape index (κ3) is 5.43. The molecule has 0 bridgehead atoms. The Morgan fingerprint density at radius 2 is 1.62 bits per heavy atom. The lowest BCUT2D eigenvalue weighted by molar-refractivity contribution is -0.143. The van der Waals surface area contributed by atoms with Crippen LogP contribution in [0.4, 0.5) is 32.0 Å². The Morgan fingerprint density at radius 1 is 1.04 bits per heavy atom. The van der Waals surface area contributed by atoms with Gasteiger partial charge < -0.3 is 10.6 Å². The van der Waals surface area contributed by atoms with Gasteiger partial charge in [-0.3, -0.25) is 4.79 Å². The zero-order valence-electron chi connectivity index (χ0n) is 12.7. The van der Waals surface area contributed by atoms with Crippen LogP contribution in [-0.4, -0.2) is 10.9 Å². The quantitative estimate of drug-likeness (QED) is 0.560. The first-order valence-corrected chi connectivity index (χ1v) is 8.16. The monoisotopic (exact) mass is 412 g/mol. The van der Waals surface area contributed by atoms with Crippen molar-refractivity contribution in [1.82, 2.24) is 5.32 Å². The molecular weight excluding hydrogens is 402 g/mol. The van der Waals surface area contributed by atoms with Gasteiger partial charge in [0.05, 0.1) is 17.7 Å². The molecule has 0 saturated heterocycles. The van der Waals surface area contributed by atoms with Crippen LogP contribution in [0, 0.1) is 0 Å². The number of alkyl halides is 6. The van der Waals surface area contributed by atoms with E-state index in [0.717, 1.165) is 4.88 Å². The number of amides is 1. The highest BCUT2D eigenvalue weighted by Crippen LogP contribution is 2.37. The predicted molar refractivity (Wildman–Crippen MR) is 88.8 cm³/mol. The molecule has 0 atom stereocenters. The summed E-state index contributed by atoms with van der Waals surface area (Å²) in [5.74, 6) is -1.01. The topological polar surface area (TPSA) is 41.1 Å². The summed E-state index contributed by atoms with van der Waals surface area (Å²) >= 11 is 6.18. The highest BCUT2D eigenvalue weighted by molar-refractivity contribution is 7.82. The maximum absolute atomic E-state index is 12.8. The number of benzene rings is 1. The third-order valence-corrected chi connectivity index (χ3v) is 4.26. The maximum Gasteiger partial charge on any atom is 0.416 e. The highest BCUT2D eigenvalue weighted by atomic mass is 32.1. The molecule has 0 aliphatic heterocycles.